The molecule has 0 amide bonds. The van der Waals surface area contributed by atoms with Gasteiger partial charge >= 0.3 is 0 Å². The number of rotatable bonds is 6. The molecule has 3 N–H and O–H groups in total. The fraction of sp³-hybridized carbons (Fsp3) is 0.833. The Morgan fingerprint density at radius 2 is 2.08 bits per heavy atom. The second-order valence-corrected chi connectivity index (χ2v) is 2.57. The van der Waals surface area contributed by atoms with Crippen molar-refractivity contribution in [2.75, 3.05) is 6.54 Å². The molecule has 0 rings (SSSR count). The maximum absolute atomic E-state index is 10.1. The highest BCUT2D eigenvalue weighted by Gasteiger charge is 2.07. The topological polar surface area (TPSA) is 111 Å². The molecule has 0 spiro atoms. The first-order valence-corrected chi connectivity index (χ1v) is 3.69. The van der Waals surface area contributed by atoms with Gasteiger partial charge in [0.1, 0.15) is 6.04 Å². The molecule has 0 radical (unpaired) electrons. The van der Waals surface area contributed by atoms with Crippen molar-refractivity contribution in [3.63, 3.8) is 0 Å². The van der Waals surface area contributed by atoms with Crippen LogP contribution in [0.25, 0.3) is 0 Å². The van der Waals surface area contributed by atoms with E-state index < -0.39 is 16.9 Å². The Kier molecular flexibility index (Phi) is 4.94. The predicted octanol–water partition coefficient (Wildman–Crippen LogP) is -2.21. The van der Waals surface area contributed by atoms with Gasteiger partial charge in [0.25, 0.3) is 0 Å². The summed E-state index contributed by atoms with van der Waals surface area (Å²) < 4.78 is 0. The first kappa shape index (κ1) is 10.8. The molecule has 0 aliphatic rings. The summed E-state index contributed by atoms with van der Waals surface area (Å²) >= 11 is 0. The predicted molar refractivity (Wildman–Crippen MR) is 37.4 cm³/mol. The van der Waals surface area contributed by atoms with Crippen LogP contribution >= 0.6 is 0 Å². The number of hydrogen-bond donors (Lipinski definition) is 1. The van der Waals surface area contributed by atoms with Gasteiger partial charge in [-0.15, -0.1) is 0 Å². The highest BCUT2D eigenvalue weighted by molar-refractivity contribution is 5.68. The molecular formula is C6H12N2O4. The molecule has 12 heavy (non-hydrogen) atoms. The van der Waals surface area contributed by atoms with Crippen LogP contribution in [0.1, 0.15) is 19.3 Å². The Hall–Kier alpha value is -1.17. The third-order valence-electron chi connectivity index (χ3n) is 1.48. The molecule has 0 aliphatic carbocycles. The van der Waals surface area contributed by atoms with Gasteiger partial charge in [0.05, 0.1) is 5.97 Å². The Morgan fingerprint density at radius 3 is 2.50 bits per heavy atom. The van der Waals surface area contributed by atoms with Gasteiger partial charge < -0.3 is 15.6 Å². The molecule has 0 unspecified atom stereocenters. The third-order valence-corrected chi connectivity index (χ3v) is 1.48. The molecule has 70 valence electrons. The number of carbonyl (C=O) groups excluding carboxylic acids is 1. The number of nitrogens with zero attached hydrogens (tertiary/aromatic N) is 1. The monoisotopic (exact) mass is 176 g/mol. The van der Waals surface area contributed by atoms with E-state index in [0.29, 0.717) is 19.3 Å². The minimum atomic E-state index is -1.20. The summed E-state index contributed by atoms with van der Waals surface area (Å²) in [7, 11) is 0. The smallest absolute Gasteiger partial charge is 0.203 e. The summed E-state index contributed by atoms with van der Waals surface area (Å²) in [5, 5.41) is 20.0. The van der Waals surface area contributed by atoms with E-state index in [0.717, 1.165) is 0 Å². The van der Waals surface area contributed by atoms with Crippen molar-refractivity contribution >= 4 is 5.97 Å². The average Bonchev–Trinajstić information content (AvgIpc) is 1.97. The molecular weight excluding hydrogens is 164 g/mol. The fourth-order valence-electron chi connectivity index (χ4n) is 0.749. The van der Waals surface area contributed by atoms with E-state index in [9.17, 15) is 20.0 Å². The second-order valence-electron chi connectivity index (χ2n) is 2.57. The number of carbonyl (C=O) groups is 1. The van der Waals surface area contributed by atoms with Crippen LogP contribution in [0.15, 0.2) is 0 Å². The van der Waals surface area contributed by atoms with E-state index in [2.05, 4.69) is 5.73 Å². The summed E-state index contributed by atoms with van der Waals surface area (Å²) in [5.74, 6) is -1.20. The SMILES string of the molecule is [NH3+][C@@H](CCCC[N+](=O)[O-])C(=O)[O-]. The molecule has 0 fully saturated rings. The van der Waals surface area contributed by atoms with Crippen molar-refractivity contribution in [2.45, 2.75) is 25.3 Å². The lowest BCUT2D eigenvalue weighted by Gasteiger charge is -2.07. The normalized spacial score (nSPS) is 12.4. The van der Waals surface area contributed by atoms with Crippen molar-refractivity contribution < 1.29 is 20.6 Å². The first-order chi connectivity index (χ1) is 5.54. The second kappa shape index (κ2) is 5.48. The quantitative estimate of drug-likeness (QED) is 0.281. The van der Waals surface area contributed by atoms with Gasteiger partial charge in [-0.1, -0.05) is 0 Å². The number of aliphatic carboxylic acids is 1. The van der Waals surface area contributed by atoms with Crippen molar-refractivity contribution in [3.8, 4) is 0 Å². The Balaban J connectivity index is 3.31. The van der Waals surface area contributed by atoms with Crippen LogP contribution in [0, 0.1) is 10.1 Å². The van der Waals surface area contributed by atoms with Crippen LogP contribution in [0.2, 0.25) is 0 Å². The van der Waals surface area contributed by atoms with E-state index in [-0.39, 0.29) is 6.54 Å². The molecule has 0 aromatic carbocycles. The van der Waals surface area contributed by atoms with E-state index in [1.54, 1.807) is 0 Å². The van der Waals surface area contributed by atoms with E-state index >= 15 is 0 Å². The Bertz CT molecular complexity index is 171. The Labute approximate surface area is 69.5 Å². The number of unbranched alkanes of at least 4 members (excludes halogenated alkanes) is 1. The summed E-state index contributed by atoms with van der Waals surface area (Å²) in [4.78, 5) is 19.5. The first-order valence-electron chi connectivity index (χ1n) is 3.69. The highest BCUT2D eigenvalue weighted by atomic mass is 16.6. The van der Waals surface area contributed by atoms with Crippen LogP contribution in [0.3, 0.4) is 0 Å². The fourth-order valence-corrected chi connectivity index (χ4v) is 0.749. The maximum Gasteiger partial charge on any atom is 0.203 e. The molecule has 0 aromatic rings. The molecule has 0 bridgehead atoms. The average molecular weight is 176 g/mol. The third kappa shape index (κ3) is 5.60. The largest absolute Gasteiger partial charge is 0.544 e. The van der Waals surface area contributed by atoms with E-state index in [4.69, 9.17) is 0 Å². The summed E-state index contributed by atoms with van der Waals surface area (Å²) in [6, 6.07) is -0.753. The molecule has 0 aliphatic heterocycles. The molecule has 6 nitrogen and oxygen atoms in total. The van der Waals surface area contributed by atoms with Crippen LogP contribution in [-0.4, -0.2) is 23.5 Å². The minimum Gasteiger partial charge on any atom is -0.544 e. The van der Waals surface area contributed by atoms with Crippen LogP contribution in [0.5, 0.6) is 0 Å². The number of hydrogen-bond acceptors (Lipinski definition) is 4. The molecule has 0 heterocycles. The van der Waals surface area contributed by atoms with Crippen molar-refractivity contribution in [3.05, 3.63) is 10.1 Å². The van der Waals surface area contributed by atoms with Gasteiger partial charge in [0.15, 0.2) is 0 Å². The lowest BCUT2D eigenvalue weighted by atomic mass is 10.1. The molecule has 0 saturated heterocycles. The Morgan fingerprint density at radius 1 is 1.50 bits per heavy atom. The standard InChI is InChI=1S/C6H12N2O4/c7-5(6(9)10)3-1-2-4-8(11)12/h5H,1-4,7H2,(H,9,10)/t5-/m0/s1. The van der Waals surface area contributed by atoms with Gasteiger partial charge in [-0.05, 0) is 6.42 Å². The van der Waals surface area contributed by atoms with Gasteiger partial charge in [0, 0.05) is 17.8 Å². The molecule has 1 atom stereocenters. The number of nitro groups is 1. The molecule has 6 heteroatoms. The van der Waals surface area contributed by atoms with Gasteiger partial charge in [-0.25, -0.2) is 0 Å². The summed E-state index contributed by atoms with van der Waals surface area (Å²) in [6.07, 6.45) is 1.24. The van der Waals surface area contributed by atoms with Crippen molar-refractivity contribution in [2.24, 2.45) is 0 Å². The number of carboxylic acid groups (broad SMARTS) is 1. The van der Waals surface area contributed by atoms with Crippen LogP contribution in [-0.2, 0) is 4.79 Å². The number of quaternary nitrogens is 1. The lowest BCUT2D eigenvalue weighted by molar-refractivity contribution is -0.481. The van der Waals surface area contributed by atoms with Gasteiger partial charge in [0.2, 0.25) is 6.54 Å². The van der Waals surface area contributed by atoms with Crippen molar-refractivity contribution in [1.29, 1.82) is 0 Å². The molecule has 0 aromatic heterocycles. The molecule has 0 saturated carbocycles. The summed E-state index contributed by atoms with van der Waals surface area (Å²) in [5.41, 5.74) is 3.32. The highest BCUT2D eigenvalue weighted by Crippen LogP contribution is 1.96. The van der Waals surface area contributed by atoms with Crippen LogP contribution < -0.4 is 10.8 Å². The zero-order chi connectivity index (χ0) is 9.56. The lowest BCUT2D eigenvalue weighted by Crippen LogP contribution is -2.68. The zero-order valence-corrected chi connectivity index (χ0v) is 6.69. The summed E-state index contributed by atoms with van der Waals surface area (Å²) in [6.45, 7) is -0.111. The number of carboxylic acids is 1. The van der Waals surface area contributed by atoms with Gasteiger partial charge in [-0.3, -0.25) is 10.1 Å². The van der Waals surface area contributed by atoms with Gasteiger partial charge in [-0.2, -0.15) is 0 Å². The maximum atomic E-state index is 10.1. The van der Waals surface area contributed by atoms with E-state index in [1.807, 2.05) is 0 Å². The van der Waals surface area contributed by atoms with Crippen LogP contribution in [0.4, 0.5) is 0 Å². The van der Waals surface area contributed by atoms with E-state index in [1.165, 1.54) is 0 Å². The zero-order valence-electron chi connectivity index (χ0n) is 6.69. The van der Waals surface area contributed by atoms with Crippen molar-refractivity contribution in [1.82, 2.24) is 0 Å². The minimum absolute atomic E-state index is 0.111.